The van der Waals surface area contributed by atoms with Gasteiger partial charge in [0.2, 0.25) is 11.8 Å². The minimum Gasteiger partial charge on any atom is -0.379 e. The van der Waals surface area contributed by atoms with Gasteiger partial charge in [0.05, 0.1) is 17.9 Å². The van der Waals surface area contributed by atoms with Crippen LogP contribution in [0.2, 0.25) is 5.02 Å². The molecule has 204 valence electrons. The van der Waals surface area contributed by atoms with Crippen LogP contribution in [-0.4, -0.2) is 32.2 Å². The molecule has 7 rings (SSSR count). The van der Waals surface area contributed by atoms with E-state index in [4.69, 9.17) is 16.6 Å². The van der Waals surface area contributed by atoms with Crippen molar-refractivity contribution in [3.05, 3.63) is 82.9 Å². The molecular weight excluding hydrogens is 524 g/mol. The summed E-state index contributed by atoms with van der Waals surface area (Å²) >= 11 is 6.12. The molecule has 1 aliphatic heterocycles. The van der Waals surface area contributed by atoms with Crippen LogP contribution in [-0.2, 0) is 16.1 Å². The number of fused-ring (bicyclic) bond motifs is 1. The molecule has 3 aliphatic rings. The van der Waals surface area contributed by atoms with Gasteiger partial charge in [-0.2, -0.15) is 0 Å². The summed E-state index contributed by atoms with van der Waals surface area (Å²) in [5.74, 6) is 1.34. The van der Waals surface area contributed by atoms with E-state index in [2.05, 4.69) is 39.2 Å². The molecule has 0 unspecified atom stereocenters. The molecule has 0 radical (unpaired) electrons. The summed E-state index contributed by atoms with van der Waals surface area (Å²) in [5, 5.41) is 7.07. The zero-order chi connectivity index (χ0) is 27.4. The Kier molecular flexibility index (Phi) is 6.23. The number of anilines is 3. The summed E-state index contributed by atoms with van der Waals surface area (Å²) in [6.45, 7) is 2.61. The molecule has 1 saturated heterocycles. The topological polar surface area (TPSA) is 91.6 Å². The molecule has 0 bridgehead atoms. The fraction of sp³-hybridized carbons (Fsp3) is 0.355. The first kappa shape index (κ1) is 25.1. The standard InChI is InChI=1S/C31H31ClN6O2/c1-18-5-8-29(39)38(18)27-12-21(19-6-7-19)16-37-17-24(35-30(27)37)15-34-23-9-10-33-28(13-23)36-31(40)26-14-25(26)20-3-2-4-22(32)11-20/h2-4,9-13,16-19,25-26H,5-8,14-15H2,1H3,(H2,33,34,36,40)/t18-,25+,26-/m0/s1. The van der Waals surface area contributed by atoms with Gasteiger partial charge in [-0.3, -0.25) is 9.59 Å². The normalized spacial score (nSPS) is 22.1. The van der Waals surface area contributed by atoms with Crippen molar-refractivity contribution in [1.29, 1.82) is 0 Å². The number of imidazole rings is 1. The first-order chi connectivity index (χ1) is 19.4. The van der Waals surface area contributed by atoms with Gasteiger partial charge in [-0.25, -0.2) is 9.97 Å². The number of rotatable bonds is 8. The molecule has 8 nitrogen and oxygen atoms in total. The maximum atomic E-state index is 12.9. The number of nitrogens with zero attached hydrogens (tertiary/aromatic N) is 4. The summed E-state index contributed by atoms with van der Waals surface area (Å²) < 4.78 is 2.07. The van der Waals surface area contributed by atoms with E-state index in [-0.39, 0.29) is 29.7 Å². The first-order valence-corrected chi connectivity index (χ1v) is 14.4. The third kappa shape index (κ3) is 4.92. The van der Waals surface area contributed by atoms with E-state index in [1.54, 1.807) is 6.20 Å². The van der Waals surface area contributed by atoms with Gasteiger partial charge in [-0.15, -0.1) is 0 Å². The van der Waals surface area contributed by atoms with Gasteiger partial charge in [-0.1, -0.05) is 23.7 Å². The molecule has 0 spiro atoms. The molecule has 40 heavy (non-hydrogen) atoms. The highest BCUT2D eigenvalue weighted by Crippen LogP contribution is 2.48. The Labute approximate surface area is 237 Å². The molecule has 1 aromatic carbocycles. The van der Waals surface area contributed by atoms with Gasteiger partial charge < -0.3 is 19.9 Å². The molecule has 4 heterocycles. The van der Waals surface area contributed by atoms with E-state index in [0.29, 0.717) is 29.7 Å². The highest BCUT2D eigenvalue weighted by atomic mass is 35.5. The van der Waals surface area contributed by atoms with Gasteiger partial charge in [0, 0.05) is 53.7 Å². The Morgan fingerprint density at radius 1 is 1.10 bits per heavy atom. The van der Waals surface area contributed by atoms with Gasteiger partial charge in [0.15, 0.2) is 5.65 Å². The van der Waals surface area contributed by atoms with Crippen molar-refractivity contribution in [1.82, 2.24) is 14.4 Å². The number of carbonyl (C=O) groups is 2. The van der Waals surface area contributed by atoms with Crippen molar-refractivity contribution in [2.24, 2.45) is 5.92 Å². The second-order valence-corrected chi connectivity index (χ2v) is 11.8. The fourth-order valence-electron chi connectivity index (χ4n) is 5.87. The summed E-state index contributed by atoms with van der Waals surface area (Å²) in [4.78, 5) is 36.8. The highest BCUT2D eigenvalue weighted by Gasteiger charge is 2.44. The van der Waals surface area contributed by atoms with E-state index in [1.807, 2.05) is 47.5 Å². The molecule has 2 amide bonds. The van der Waals surface area contributed by atoms with Crippen molar-refractivity contribution in [3.63, 3.8) is 0 Å². The maximum Gasteiger partial charge on any atom is 0.229 e. The SMILES string of the molecule is C[C@H]1CCC(=O)N1c1cc(C2CC2)cn2cc(CNc3ccnc(NC(=O)[C@H]4C[C@@H]4c4cccc(Cl)c4)c3)nc12. The monoisotopic (exact) mass is 554 g/mol. The number of hydrogen-bond acceptors (Lipinski definition) is 5. The molecule has 2 N–H and O–H groups in total. The van der Waals surface area contributed by atoms with Crippen LogP contribution in [0.25, 0.3) is 5.65 Å². The quantitative estimate of drug-likeness (QED) is 0.273. The Hall–Kier alpha value is -3.91. The lowest BCUT2D eigenvalue weighted by atomic mass is 10.1. The fourth-order valence-corrected chi connectivity index (χ4v) is 6.06. The minimum absolute atomic E-state index is 0.0281. The number of benzene rings is 1. The van der Waals surface area contributed by atoms with Crippen LogP contribution in [0.3, 0.4) is 0 Å². The zero-order valence-corrected chi connectivity index (χ0v) is 23.1. The second kappa shape index (κ2) is 9.93. The molecule has 2 saturated carbocycles. The molecule has 9 heteroatoms. The number of pyridine rings is 2. The third-order valence-corrected chi connectivity index (χ3v) is 8.52. The average Bonchev–Trinajstić information content (AvgIpc) is 3.86. The molecule has 3 aromatic heterocycles. The van der Waals surface area contributed by atoms with Crippen molar-refractivity contribution >= 4 is 46.3 Å². The van der Waals surface area contributed by atoms with Gasteiger partial charge >= 0.3 is 0 Å². The van der Waals surface area contributed by atoms with Crippen LogP contribution in [0, 0.1) is 5.92 Å². The molecule has 3 fully saturated rings. The van der Waals surface area contributed by atoms with Crippen LogP contribution in [0.4, 0.5) is 17.2 Å². The van der Waals surface area contributed by atoms with E-state index in [9.17, 15) is 9.59 Å². The van der Waals surface area contributed by atoms with Crippen LogP contribution in [0.5, 0.6) is 0 Å². The lowest BCUT2D eigenvalue weighted by Crippen LogP contribution is -2.31. The lowest BCUT2D eigenvalue weighted by Gasteiger charge is -2.23. The second-order valence-electron chi connectivity index (χ2n) is 11.3. The number of nitrogens with one attached hydrogen (secondary N) is 2. The predicted molar refractivity (Wildman–Crippen MR) is 156 cm³/mol. The predicted octanol–water partition coefficient (Wildman–Crippen LogP) is 6.13. The molecule has 3 atom stereocenters. The largest absolute Gasteiger partial charge is 0.379 e. The van der Waals surface area contributed by atoms with Crippen molar-refractivity contribution in [2.45, 2.75) is 63.5 Å². The summed E-state index contributed by atoms with van der Waals surface area (Å²) in [5.41, 5.74) is 5.80. The summed E-state index contributed by atoms with van der Waals surface area (Å²) in [6.07, 6.45) is 10.5. The van der Waals surface area contributed by atoms with Crippen LogP contribution >= 0.6 is 11.6 Å². The van der Waals surface area contributed by atoms with Gasteiger partial charge in [0.25, 0.3) is 0 Å². The highest BCUT2D eigenvalue weighted by molar-refractivity contribution is 6.30. The first-order valence-electron chi connectivity index (χ1n) is 14.0. The maximum absolute atomic E-state index is 12.9. The Balaban J connectivity index is 1.05. The lowest BCUT2D eigenvalue weighted by molar-refractivity contribution is -0.118. The number of carbonyl (C=O) groups excluding carboxylic acids is 2. The number of aromatic nitrogens is 3. The van der Waals surface area contributed by atoms with Crippen LogP contribution < -0.4 is 15.5 Å². The number of hydrogen-bond donors (Lipinski definition) is 2. The van der Waals surface area contributed by atoms with Gasteiger partial charge in [-0.05, 0) is 79.8 Å². The Morgan fingerprint density at radius 3 is 2.75 bits per heavy atom. The van der Waals surface area contributed by atoms with Gasteiger partial charge in [0.1, 0.15) is 5.82 Å². The molecular formula is C31H31ClN6O2. The van der Waals surface area contributed by atoms with E-state index in [1.165, 1.54) is 18.4 Å². The summed E-state index contributed by atoms with van der Waals surface area (Å²) in [7, 11) is 0. The van der Waals surface area contributed by atoms with Crippen LogP contribution in [0.15, 0.2) is 61.1 Å². The summed E-state index contributed by atoms with van der Waals surface area (Å²) in [6, 6.07) is 13.8. The number of amides is 2. The third-order valence-electron chi connectivity index (χ3n) is 8.29. The molecule has 4 aromatic rings. The van der Waals surface area contributed by atoms with E-state index >= 15 is 0 Å². The van der Waals surface area contributed by atoms with Crippen molar-refractivity contribution < 1.29 is 9.59 Å². The smallest absolute Gasteiger partial charge is 0.229 e. The van der Waals surface area contributed by atoms with Crippen molar-refractivity contribution in [3.8, 4) is 0 Å². The minimum atomic E-state index is -0.0743. The van der Waals surface area contributed by atoms with Crippen LogP contribution in [0.1, 0.15) is 67.7 Å². The zero-order valence-electron chi connectivity index (χ0n) is 22.3. The number of halogens is 1. The Bertz CT molecular complexity index is 1630. The van der Waals surface area contributed by atoms with E-state index < -0.39 is 0 Å². The molecule has 2 aliphatic carbocycles. The van der Waals surface area contributed by atoms with E-state index in [0.717, 1.165) is 41.1 Å². The Morgan fingerprint density at radius 2 is 1.98 bits per heavy atom. The average molecular weight is 555 g/mol. The van der Waals surface area contributed by atoms with Crippen molar-refractivity contribution in [2.75, 3.05) is 15.5 Å².